The normalized spacial score (nSPS) is 23.1. The Bertz CT molecular complexity index is 503. The van der Waals surface area contributed by atoms with E-state index in [2.05, 4.69) is 23.7 Å². The van der Waals surface area contributed by atoms with Crippen LogP contribution in [0, 0.1) is 17.8 Å². The first kappa shape index (κ1) is 16.8. The summed E-state index contributed by atoms with van der Waals surface area (Å²) in [6.07, 6.45) is 1.60. The summed E-state index contributed by atoms with van der Waals surface area (Å²) in [4.78, 5) is 26.4. The average Bonchev–Trinajstić information content (AvgIpc) is 2.96. The molecule has 6 heteroatoms. The Morgan fingerprint density at radius 1 is 1.50 bits per heavy atom. The maximum atomic E-state index is 12.2. The summed E-state index contributed by atoms with van der Waals surface area (Å²) in [5, 5.41) is 14.2. The molecule has 22 heavy (non-hydrogen) atoms. The number of likely N-dealkylation sites (tertiary alicyclic amines) is 1. The van der Waals surface area contributed by atoms with Crippen LogP contribution in [0.3, 0.4) is 0 Å². The van der Waals surface area contributed by atoms with Gasteiger partial charge in [0.05, 0.1) is 5.92 Å². The number of nitrogens with zero attached hydrogens (tertiary/aromatic N) is 1. The molecule has 2 N–H and O–H groups in total. The minimum atomic E-state index is -0.810. The summed E-state index contributed by atoms with van der Waals surface area (Å²) in [6, 6.07) is 4.00. The molecule has 0 bridgehead atoms. The highest BCUT2D eigenvalue weighted by Gasteiger charge is 2.31. The number of carbonyl (C=O) groups excluding carboxylic acids is 1. The molecule has 0 saturated carbocycles. The van der Waals surface area contributed by atoms with E-state index < -0.39 is 11.9 Å². The predicted molar refractivity (Wildman–Crippen MR) is 87.1 cm³/mol. The fourth-order valence-corrected chi connectivity index (χ4v) is 3.78. The Labute approximate surface area is 135 Å². The maximum Gasteiger partial charge on any atom is 0.317 e. The van der Waals surface area contributed by atoms with Crippen molar-refractivity contribution in [3.63, 3.8) is 0 Å². The van der Waals surface area contributed by atoms with Crippen LogP contribution in [0.2, 0.25) is 0 Å². The molecule has 0 spiro atoms. The third kappa shape index (κ3) is 4.73. The number of rotatable bonds is 5. The zero-order valence-electron chi connectivity index (χ0n) is 13.1. The fraction of sp³-hybridized carbons (Fsp3) is 0.625. The highest BCUT2D eigenvalue weighted by molar-refractivity contribution is 7.09. The number of urea groups is 1. The molecule has 1 aromatic heterocycles. The molecule has 0 aromatic carbocycles. The van der Waals surface area contributed by atoms with Crippen molar-refractivity contribution in [2.75, 3.05) is 19.6 Å². The van der Waals surface area contributed by atoms with Gasteiger partial charge in [0.2, 0.25) is 0 Å². The van der Waals surface area contributed by atoms with E-state index >= 15 is 0 Å². The number of carbonyl (C=O) groups is 2. The van der Waals surface area contributed by atoms with Crippen molar-refractivity contribution in [2.45, 2.75) is 26.7 Å². The summed E-state index contributed by atoms with van der Waals surface area (Å²) in [5.74, 6) is -0.669. The van der Waals surface area contributed by atoms with E-state index in [0.717, 1.165) is 6.42 Å². The largest absolute Gasteiger partial charge is 0.481 e. The third-order valence-corrected chi connectivity index (χ3v) is 4.93. The number of hydrogen-bond donors (Lipinski definition) is 2. The zero-order chi connectivity index (χ0) is 16.1. The minimum Gasteiger partial charge on any atom is -0.481 e. The monoisotopic (exact) mass is 324 g/mol. The van der Waals surface area contributed by atoms with Gasteiger partial charge in [-0.25, -0.2) is 4.79 Å². The molecule has 1 fully saturated rings. The van der Waals surface area contributed by atoms with Gasteiger partial charge >= 0.3 is 12.0 Å². The van der Waals surface area contributed by atoms with Crippen LogP contribution < -0.4 is 5.32 Å². The molecule has 3 unspecified atom stereocenters. The number of thiophene rings is 1. The van der Waals surface area contributed by atoms with Crippen LogP contribution in [0.25, 0.3) is 0 Å². The van der Waals surface area contributed by atoms with Gasteiger partial charge in [-0.15, -0.1) is 11.3 Å². The highest BCUT2D eigenvalue weighted by Crippen LogP contribution is 2.22. The second-order valence-corrected chi connectivity index (χ2v) is 7.39. The van der Waals surface area contributed by atoms with Crippen molar-refractivity contribution in [1.82, 2.24) is 10.2 Å². The number of carboxylic acid groups (broad SMARTS) is 1. The van der Waals surface area contributed by atoms with Crippen molar-refractivity contribution in [3.8, 4) is 0 Å². The van der Waals surface area contributed by atoms with Crippen molar-refractivity contribution in [1.29, 1.82) is 0 Å². The van der Waals surface area contributed by atoms with E-state index in [9.17, 15) is 9.59 Å². The first-order valence-corrected chi connectivity index (χ1v) is 8.61. The van der Waals surface area contributed by atoms with Gasteiger partial charge in [-0.1, -0.05) is 19.9 Å². The maximum absolute atomic E-state index is 12.2. The molecule has 0 aliphatic carbocycles. The lowest BCUT2D eigenvalue weighted by Gasteiger charge is -2.34. The van der Waals surface area contributed by atoms with Crippen LogP contribution in [-0.2, 0) is 11.2 Å². The Hall–Kier alpha value is -1.56. The van der Waals surface area contributed by atoms with E-state index in [0.29, 0.717) is 32.0 Å². The second kappa shape index (κ2) is 7.63. The standard InChI is InChI=1S/C16H24N2O3S/c1-11(7-14-4-3-5-22-14)8-17-16(21)18-9-12(2)6-13(10-18)15(19)20/h3-5,11-13H,6-10H2,1-2H3,(H,17,21)(H,19,20). The summed E-state index contributed by atoms with van der Waals surface area (Å²) in [6.45, 7) is 5.66. The van der Waals surface area contributed by atoms with Gasteiger partial charge in [-0.05, 0) is 36.1 Å². The minimum absolute atomic E-state index is 0.143. The van der Waals surface area contributed by atoms with E-state index in [1.54, 1.807) is 16.2 Å². The van der Waals surface area contributed by atoms with Crippen LogP contribution in [0.15, 0.2) is 17.5 Å². The van der Waals surface area contributed by atoms with Crippen molar-refractivity contribution >= 4 is 23.3 Å². The number of amides is 2. The summed E-state index contributed by atoms with van der Waals surface area (Å²) < 4.78 is 0. The quantitative estimate of drug-likeness (QED) is 0.875. The molecule has 1 aliphatic rings. The molecule has 122 valence electrons. The Balaban J connectivity index is 1.79. The van der Waals surface area contributed by atoms with Gasteiger partial charge in [0.1, 0.15) is 0 Å². The number of piperidine rings is 1. The van der Waals surface area contributed by atoms with Gasteiger partial charge in [-0.3, -0.25) is 4.79 Å². The Kier molecular flexibility index (Phi) is 5.83. The van der Waals surface area contributed by atoms with Gasteiger partial charge < -0.3 is 15.3 Å². The van der Waals surface area contributed by atoms with Crippen molar-refractivity contribution in [3.05, 3.63) is 22.4 Å². The molecule has 1 aromatic rings. The summed E-state index contributed by atoms with van der Waals surface area (Å²) in [5.41, 5.74) is 0. The number of aliphatic carboxylic acids is 1. The molecule has 2 rings (SSSR count). The zero-order valence-corrected chi connectivity index (χ0v) is 13.9. The van der Waals surface area contributed by atoms with Gasteiger partial charge in [0, 0.05) is 24.5 Å². The number of hydrogen-bond acceptors (Lipinski definition) is 3. The van der Waals surface area contributed by atoms with Crippen LogP contribution in [-0.4, -0.2) is 41.6 Å². The lowest BCUT2D eigenvalue weighted by molar-refractivity contribution is -0.143. The van der Waals surface area contributed by atoms with E-state index in [1.807, 2.05) is 13.0 Å². The first-order valence-electron chi connectivity index (χ1n) is 7.73. The first-order chi connectivity index (χ1) is 10.5. The van der Waals surface area contributed by atoms with Crippen LogP contribution in [0.4, 0.5) is 4.79 Å². The topological polar surface area (TPSA) is 69.6 Å². The molecule has 1 saturated heterocycles. The summed E-state index contributed by atoms with van der Waals surface area (Å²) in [7, 11) is 0. The molecule has 1 aliphatic heterocycles. The molecule has 2 heterocycles. The number of nitrogens with one attached hydrogen (secondary N) is 1. The van der Waals surface area contributed by atoms with Crippen LogP contribution in [0.1, 0.15) is 25.1 Å². The van der Waals surface area contributed by atoms with Crippen molar-refractivity contribution in [2.24, 2.45) is 17.8 Å². The average molecular weight is 324 g/mol. The SMILES string of the molecule is CC(CNC(=O)N1CC(C)CC(C(=O)O)C1)Cc1cccs1. The molecular formula is C16H24N2O3S. The van der Waals surface area contributed by atoms with Gasteiger partial charge in [0.15, 0.2) is 0 Å². The van der Waals surface area contributed by atoms with E-state index in [-0.39, 0.29) is 11.9 Å². The molecule has 2 amide bonds. The van der Waals surface area contributed by atoms with Gasteiger partial charge in [-0.2, -0.15) is 0 Å². The Morgan fingerprint density at radius 3 is 2.91 bits per heavy atom. The number of carboxylic acids is 1. The third-order valence-electron chi connectivity index (χ3n) is 4.03. The molecular weight excluding hydrogens is 300 g/mol. The predicted octanol–water partition coefficient (Wildman–Crippen LogP) is 2.68. The Morgan fingerprint density at radius 2 is 2.27 bits per heavy atom. The van der Waals surface area contributed by atoms with Gasteiger partial charge in [0.25, 0.3) is 0 Å². The second-order valence-electron chi connectivity index (χ2n) is 6.36. The smallest absolute Gasteiger partial charge is 0.317 e. The lowest BCUT2D eigenvalue weighted by Crippen LogP contribution is -2.50. The fourth-order valence-electron chi connectivity index (χ4n) is 2.91. The molecule has 5 nitrogen and oxygen atoms in total. The highest BCUT2D eigenvalue weighted by atomic mass is 32.1. The van der Waals surface area contributed by atoms with Crippen LogP contribution >= 0.6 is 11.3 Å². The molecule has 0 radical (unpaired) electrons. The molecule has 3 atom stereocenters. The van der Waals surface area contributed by atoms with E-state index in [1.165, 1.54) is 4.88 Å². The van der Waals surface area contributed by atoms with Crippen molar-refractivity contribution < 1.29 is 14.7 Å². The summed E-state index contributed by atoms with van der Waals surface area (Å²) >= 11 is 1.73. The van der Waals surface area contributed by atoms with Crippen LogP contribution in [0.5, 0.6) is 0 Å². The van der Waals surface area contributed by atoms with E-state index in [4.69, 9.17) is 5.11 Å². The lowest BCUT2D eigenvalue weighted by atomic mass is 9.91.